The van der Waals surface area contributed by atoms with Gasteiger partial charge in [-0.2, -0.15) is 5.10 Å². The van der Waals surface area contributed by atoms with E-state index in [1.807, 2.05) is 20.8 Å². The van der Waals surface area contributed by atoms with Crippen LogP contribution in [-0.4, -0.2) is 27.9 Å². The number of rotatable bonds is 5. The van der Waals surface area contributed by atoms with Gasteiger partial charge in [0, 0.05) is 17.2 Å². The van der Waals surface area contributed by atoms with Crippen LogP contribution >= 0.6 is 35.0 Å². The lowest BCUT2D eigenvalue weighted by Gasteiger charge is -2.09. The van der Waals surface area contributed by atoms with E-state index in [4.69, 9.17) is 23.2 Å². The molecule has 0 radical (unpaired) electrons. The SMILES string of the molecule is C/C(=N\N=C1\NC(=O)C(CC(=O)Nc2cc(Cl)ccc2Cl)S1)C(C)C. The number of benzene rings is 1. The minimum Gasteiger partial charge on any atom is -0.325 e. The zero-order chi connectivity index (χ0) is 18.6. The van der Waals surface area contributed by atoms with Gasteiger partial charge in [0.15, 0.2) is 5.17 Å². The van der Waals surface area contributed by atoms with Gasteiger partial charge in [0.05, 0.1) is 10.7 Å². The first kappa shape index (κ1) is 19.8. The quantitative estimate of drug-likeness (QED) is 0.579. The van der Waals surface area contributed by atoms with E-state index in [1.165, 1.54) is 11.8 Å². The molecule has 0 spiro atoms. The van der Waals surface area contributed by atoms with Crippen molar-refractivity contribution in [3.8, 4) is 0 Å². The van der Waals surface area contributed by atoms with Crippen LogP contribution in [0.25, 0.3) is 0 Å². The highest BCUT2D eigenvalue weighted by molar-refractivity contribution is 8.15. The molecule has 1 saturated heterocycles. The summed E-state index contributed by atoms with van der Waals surface area (Å²) >= 11 is 13.1. The first-order chi connectivity index (χ1) is 11.8. The summed E-state index contributed by atoms with van der Waals surface area (Å²) in [4.78, 5) is 24.1. The Morgan fingerprint density at radius 3 is 2.80 bits per heavy atom. The topological polar surface area (TPSA) is 82.9 Å². The summed E-state index contributed by atoms with van der Waals surface area (Å²) in [5.74, 6) is -0.330. The van der Waals surface area contributed by atoms with Gasteiger partial charge in [-0.15, -0.1) is 5.10 Å². The molecular weight excluding hydrogens is 383 g/mol. The van der Waals surface area contributed by atoms with Crippen LogP contribution in [0.3, 0.4) is 0 Å². The summed E-state index contributed by atoms with van der Waals surface area (Å²) in [5.41, 5.74) is 1.27. The molecule has 2 rings (SSSR count). The highest BCUT2D eigenvalue weighted by atomic mass is 35.5. The van der Waals surface area contributed by atoms with E-state index < -0.39 is 5.25 Å². The van der Waals surface area contributed by atoms with Crippen LogP contribution in [-0.2, 0) is 9.59 Å². The van der Waals surface area contributed by atoms with Crippen LogP contribution in [0.5, 0.6) is 0 Å². The van der Waals surface area contributed by atoms with Crippen LogP contribution in [0.4, 0.5) is 5.69 Å². The molecule has 1 fully saturated rings. The number of anilines is 1. The van der Waals surface area contributed by atoms with Gasteiger partial charge in [-0.3, -0.25) is 9.59 Å². The zero-order valence-electron chi connectivity index (χ0n) is 14.0. The number of hydrogen-bond donors (Lipinski definition) is 2. The van der Waals surface area contributed by atoms with Crippen molar-refractivity contribution in [2.45, 2.75) is 32.4 Å². The van der Waals surface area contributed by atoms with Crippen LogP contribution in [0, 0.1) is 5.92 Å². The third-order valence-electron chi connectivity index (χ3n) is 3.48. The molecule has 6 nitrogen and oxygen atoms in total. The lowest BCUT2D eigenvalue weighted by molar-refractivity contribution is -0.122. The zero-order valence-corrected chi connectivity index (χ0v) is 16.3. The van der Waals surface area contributed by atoms with Crippen molar-refractivity contribution >= 4 is 63.3 Å². The molecule has 1 aliphatic rings. The van der Waals surface area contributed by atoms with Gasteiger partial charge in [-0.05, 0) is 31.0 Å². The fraction of sp³-hybridized carbons (Fsp3) is 0.375. The Balaban J connectivity index is 1.97. The molecule has 134 valence electrons. The van der Waals surface area contributed by atoms with Crippen LogP contribution in [0.1, 0.15) is 27.2 Å². The Bertz CT molecular complexity index is 750. The van der Waals surface area contributed by atoms with Crippen molar-refractivity contribution < 1.29 is 9.59 Å². The second-order valence-electron chi connectivity index (χ2n) is 5.77. The number of carbonyl (C=O) groups is 2. The Kier molecular flexibility index (Phi) is 6.87. The molecule has 2 N–H and O–H groups in total. The van der Waals surface area contributed by atoms with Gasteiger partial charge >= 0.3 is 0 Å². The molecule has 0 aliphatic carbocycles. The standard InChI is InChI=1S/C16H18Cl2N4O2S/c1-8(2)9(3)21-22-16-20-15(24)13(25-16)7-14(23)19-12-6-10(17)4-5-11(12)18/h4-6,8,13H,7H2,1-3H3,(H,19,23)(H,20,22,24)/b21-9+. The van der Waals surface area contributed by atoms with E-state index >= 15 is 0 Å². The number of nitrogens with one attached hydrogen (secondary N) is 2. The summed E-state index contributed by atoms with van der Waals surface area (Å²) in [7, 11) is 0. The van der Waals surface area contributed by atoms with E-state index in [2.05, 4.69) is 20.8 Å². The predicted molar refractivity (Wildman–Crippen MR) is 105 cm³/mol. The molecule has 1 aliphatic heterocycles. The first-order valence-electron chi connectivity index (χ1n) is 7.61. The molecule has 9 heteroatoms. The molecule has 0 aromatic heterocycles. The number of thioether (sulfide) groups is 1. The average molecular weight is 401 g/mol. The Morgan fingerprint density at radius 1 is 1.40 bits per heavy atom. The van der Waals surface area contributed by atoms with Crippen molar-refractivity contribution in [1.82, 2.24) is 5.32 Å². The number of amidine groups is 1. The molecule has 1 aromatic carbocycles. The average Bonchev–Trinajstić information content (AvgIpc) is 2.88. The first-order valence-corrected chi connectivity index (χ1v) is 9.24. The summed E-state index contributed by atoms with van der Waals surface area (Å²) < 4.78 is 0. The fourth-order valence-electron chi connectivity index (χ4n) is 1.79. The third-order valence-corrected chi connectivity index (χ3v) is 5.12. The summed E-state index contributed by atoms with van der Waals surface area (Å²) in [5, 5.41) is 14.1. The molecule has 1 heterocycles. The Hall–Kier alpha value is -1.57. The molecule has 25 heavy (non-hydrogen) atoms. The smallest absolute Gasteiger partial charge is 0.240 e. The highest BCUT2D eigenvalue weighted by Gasteiger charge is 2.32. The summed E-state index contributed by atoms with van der Waals surface area (Å²) in [6, 6.07) is 4.78. The number of nitrogens with zero attached hydrogens (tertiary/aromatic N) is 2. The Labute approximate surface area is 160 Å². The molecule has 1 aromatic rings. The van der Waals surface area contributed by atoms with Gasteiger partial charge in [0.25, 0.3) is 0 Å². The van der Waals surface area contributed by atoms with Crippen molar-refractivity contribution in [3.63, 3.8) is 0 Å². The molecule has 1 atom stereocenters. The minimum absolute atomic E-state index is 0.00869. The molecule has 1 unspecified atom stereocenters. The monoisotopic (exact) mass is 400 g/mol. The molecule has 0 bridgehead atoms. The van der Waals surface area contributed by atoms with E-state index in [0.29, 0.717) is 20.9 Å². The van der Waals surface area contributed by atoms with E-state index in [0.717, 1.165) is 5.71 Å². The van der Waals surface area contributed by atoms with Crippen molar-refractivity contribution in [1.29, 1.82) is 0 Å². The number of hydrogen-bond acceptors (Lipinski definition) is 5. The minimum atomic E-state index is -0.564. The summed E-state index contributed by atoms with van der Waals surface area (Å²) in [6.07, 6.45) is -0.00869. The normalized spacial score (nSPS) is 19.4. The number of amides is 2. The fourth-order valence-corrected chi connectivity index (χ4v) is 3.04. The largest absolute Gasteiger partial charge is 0.325 e. The van der Waals surface area contributed by atoms with Crippen molar-refractivity contribution in [2.75, 3.05) is 5.32 Å². The van der Waals surface area contributed by atoms with Gasteiger partial charge in [-0.25, -0.2) is 0 Å². The second-order valence-corrected chi connectivity index (χ2v) is 7.81. The number of carbonyl (C=O) groups excluding carboxylic acids is 2. The summed E-state index contributed by atoms with van der Waals surface area (Å²) in [6.45, 7) is 5.89. The Morgan fingerprint density at radius 2 is 2.12 bits per heavy atom. The lowest BCUT2D eigenvalue weighted by atomic mass is 10.1. The van der Waals surface area contributed by atoms with E-state index in [-0.39, 0.29) is 24.2 Å². The van der Waals surface area contributed by atoms with Crippen LogP contribution in [0.15, 0.2) is 28.4 Å². The van der Waals surface area contributed by atoms with Gasteiger partial charge < -0.3 is 10.6 Å². The third kappa shape index (κ3) is 5.73. The maximum Gasteiger partial charge on any atom is 0.240 e. The van der Waals surface area contributed by atoms with Crippen LogP contribution < -0.4 is 10.6 Å². The maximum atomic E-state index is 12.2. The highest BCUT2D eigenvalue weighted by Crippen LogP contribution is 2.27. The molecule has 0 saturated carbocycles. The second kappa shape index (κ2) is 8.69. The van der Waals surface area contributed by atoms with Crippen molar-refractivity contribution in [3.05, 3.63) is 28.2 Å². The van der Waals surface area contributed by atoms with Crippen molar-refractivity contribution in [2.24, 2.45) is 16.1 Å². The lowest BCUT2D eigenvalue weighted by Crippen LogP contribution is -2.28. The van der Waals surface area contributed by atoms with Gasteiger partial charge in [-0.1, -0.05) is 48.8 Å². The van der Waals surface area contributed by atoms with Gasteiger partial charge in [0.2, 0.25) is 11.8 Å². The van der Waals surface area contributed by atoms with Gasteiger partial charge in [0.1, 0.15) is 5.25 Å². The molecule has 2 amide bonds. The van der Waals surface area contributed by atoms with Crippen LogP contribution in [0.2, 0.25) is 10.0 Å². The van der Waals surface area contributed by atoms with E-state index in [1.54, 1.807) is 18.2 Å². The maximum absolute atomic E-state index is 12.2. The molecular formula is C16H18Cl2N4O2S. The number of halogens is 2. The van der Waals surface area contributed by atoms with E-state index in [9.17, 15) is 9.59 Å². The predicted octanol–water partition coefficient (Wildman–Crippen LogP) is 3.94.